The standard InChI is InChI=1S/C19H13ClF4N2O3/c20-15-16(18(28)25-14-4-2-1-3-10(14)7-8-27)26-29-17(15)11-5-6-12(13(21)9-11)19(22,23)24/h1-6,9,27H,7-8H2,(H,25,28). The highest BCUT2D eigenvalue weighted by atomic mass is 35.5. The number of carbonyl (C=O) groups is 1. The molecule has 2 aromatic carbocycles. The number of anilines is 1. The van der Waals surface area contributed by atoms with Gasteiger partial charge in [-0.05, 0) is 30.2 Å². The Balaban J connectivity index is 1.88. The largest absolute Gasteiger partial charge is 0.419 e. The molecule has 29 heavy (non-hydrogen) atoms. The molecule has 1 aromatic heterocycles. The van der Waals surface area contributed by atoms with Gasteiger partial charge in [-0.3, -0.25) is 4.79 Å². The van der Waals surface area contributed by atoms with Crippen LogP contribution < -0.4 is 5.32 Å². The first-order valence-electron chi connectivity index (χ1n) is 8.24. The fraction of sp³-hybridized carbons (Fsp3) is 0.158. The Labute approximate surface area is 166 Å². The van der Waals surface area contributed by atoms with Crippen LogP contribution in [0.3, 0.4) is 0 Å². The summed E-state index contributed by atoms with van der Waals surface area (Å²) < 4.78 is 56.9. The lowest BCUT2D eigenvalue weighted by molar-refractivity contribution is -0.139. The summed E-state index contributed by atoms with van der Waals surface area (Å²) in [5, 5.41) is 15.0. The van der Waals surface area contributed by atoms with Crippen LogP contribution in [0.5, 0.6) is 0 Å². The third-order valence-electron chi connectivity index (χ3n) is 4.03. The van der Waals surface area contributed by atoms with Gasteiger partial charge in [0.1, 0.15) is 10.8 Å². The second-order valence-electron chi connectivity index (χ2n) is 5.95. The van der Waals surface area contributed by atoms with Gasteiger partial charge < -0.3 is 14.9 Å². The van der Waals surface area contributed by atoms with E-state index in [-0.39, 0.29) is 28.6 Å². The molecule has 1 heterocycles. The zero-order chi connectivity index (χ0) is 21.2. The smallest absolute Gasteiger partial charge is 0.396 e. The molecule has 0 bridgehead atoms. The summed E-state index contributed by atoms with van der Waals surface area (Å²) in [5.41, 5.74) is -0.760. The fourth-order valence-electron chi connectivity index (χ4n) is 2.65. The third kappa shape index (κ3) is 4.41. The van der Waals surface area contributed by atoms with E-state index in [1.54, 1.807) is 24.3 Å². The molecular formula is C19H13ClF4N2O3. The average Bonchev–Trinajstić information content (AvgIpc) is 3.04. The maximum atomic E-state index is 13.8. The summed E-state index contributed by atoms with van der Waals surface area (Å²) in [4.78, 5) is 12.5. The van der Waals surface area contributed by atoms with Crippen LogP contribution in [0, 0.1) is 5.82 Å². The number of hydrogen-bond acceptors (Lipinski definition) is 4. The number of hydrogen-bond donors (Lipinski definition) is 2. The second kappa shape index (κ2) is 8.22. The van der Waals surface area contributed by atoms with Gasteiger partial charge in [-0.25, -0.2) is 4.39 Å². The predicted octanol–water partition coefficient (Wildman–Crippen LogP) is 4.94. The van der Waals surface area contributed by atoms with E-state index < -0.39 is 23.5 Å². The van der Waals surface area contributed by atoms with E-state index in [0.717, 1.165) is 6.07 Å². The van der Waals surface area contributed by atoms with E-state index in [2.05, 4.69) is 10.5 Å². The topological polar surface area (TPSA) is 75.4 Å². The molecule has 0 unspecified atom stereocenters. The molecule has 0 atom stereocenters. The van der Waals surface area contributed by atoms with Crippen molar-refractivity contribution in [1.29, 1.82) is 0 Å². The summed E-state index contributed by atoms with van der Waals surface area (Å²) in [6.45, 7) is -0.124. The van der Waals surface area contributed by atoms with Gasteiger partial charge in [0, 0.05) is 17.9 Å². The van der Waals surface area contributed by atoms with Gasteiger partial charge in [-0.2, -0.15) is 13.2 Å². The molecule has 0 aliphatic heterocycles. The number of aliphatic hydroxyl groups is 1. The first kappa shape index (κ1) is 20.8. The molecule has 0 saturated carbocycles. The molecular weight excluding hydrogens is 416 g/mol. The molecule has 10 heteroatoms. The van der Waals surface area contributed by atoms with Gasteiger partial charge in [0.05, 0.1) is 5.56 Å². The monoisotopic (exact) mass is 428 g/mol. The first-order chi connectivity index (χ1) is 13.7. The highest BCUT2D eigenvalue weighted by Crippen LogP contribution is 2.36. The zero-order valence-electron chi connectivity index (χ0n) is 14.6. The molecule has 0 aliphatic rings. The summed E-state index contributed by atoms with van der Waals surface area (Å²) in [7, 11) is 0. The van der Waals surface area contributed by atoms with Crippen molar-refractivity contribution in [2.75, 3.05) is 11.9 Å². The molecule has 152 valence electrons. The maximum Gasteiger partial charge on any atom is 0.419 e. The average molecular weight is 429 g/mol. The maximum absolute atomic E-state index is 13.8. The van der Waals surface area contributed by atoms with Crippen LogP contribution >= 0.6 is 11.6 Å². The van der Waals surface area contributed by atoms with Crippen molar-refractivity contribution in [2.45, 2.75) is 12.6 Å². The summed E-state index contributed by atoms with van der Waals surface area (Å²) in [6, 6.07) is 8.87. The van der Waals surface area contributed by atoms with Crippen LogP contribution in [0.1, 0.15) is 21.6 Å². The Bertz CT molecular complexity index is 1050. The molecule has 3 aromatic rings. The normalized spacial score (nSPS) is 11.5. The fourth-order valence-corrected chi connectivity index (χ4v) is 2.91. The molecule has 0 fully saturated rings. The van der Waals surface area contributed by atoms with Crippen molar-refractivity contribution >= 4 is 23.2 Å². The summed E-state index contributed by atoms with van der Waals surface area (Å²) in [6.07, 6.45) is -4.54. The molecule has 1 amide bonds. The third-order valence-corrected chi connectivity index (χ3v) is 4.38. The Morgan fingerprint density at radius 3 is 2.59 bits per heavy atom. The van der Waals surface area contributed by atoms with E-state index in [1.165, 1.54) is 0 Å². The van der Waals surface area contributed by atoms with Crippen LogP contribution in [-0.4, -0.2) is 22.8 Å². The van der Waals surface area contributed by atoms with Crippen LogP contribution in [0.15, 0.2) is 47.0 Å². The van der Waals surface area contributed by atoms with Gasteiger partial charge in [-0.15, -0.1) is 0 Å². The molecule has 0 radical (unpaired) electrons. The SMILES string of the molecule is O=C(Nc1ccccc1CCO)c1noc(-c2ccc(C(F)(F)F)c(F)c2)c1Cl. The second-order valence-corrected chi connectivity index (χ2v) is 6.33. The summed E-state index contributed by atoms with van der Waals surface area (Å²) >= 11 is 6.10. The number of rotatable bonds is 5. The molecule has 5 nitrogen and oxygen atoms in total. The van der Waals surface area contributed by atoms with Gasteiger partial charge in [-0.1, -0.05) is 41.0 Å². The van der Waals surface area contributed by atoms with Crippen molar-refractivity contribution in [2.24, 2.45) is 0 Å². The number of carbonyl (C=O) groups excluding carboxylic acids is 1. The lowest BCUT2D eigenvalue weighted by atomic mass is 10.1. The Morgan fingerprint density at radius 1 is 1.21 bits per heavy atom. The summed E-state index contributed by atoms with van der Waals surface area (Å²) in [5.74, 6) is -2.48. The van der Waals surface area contributed by atoms with Crippen molar-refractivity contribution < 1.29 is 32.0 Å². The lowest BCUT2D eigenvalue weighted by Crippen LogP contribution is -2.14. The van der Waals surface area contributed by atoms with E-state index in [1.807, 2.05) is 0 Å². The van der Waals surface area contributed by atoms with E-state index in [0.29, 0.717) is 29.8 Å². The number of para-hydroxylation sites is 1. The van der Waals surface area contributed by atoms with Crippen LogP contribution in [-0.2, 0) is 12.6 Å². The van der Waals surface area contributed by atoms with Crippen LogP contribution in [0.2, 0.25) is 5.02 Å². The number of nitrogens with zero attached hydrogens (tertiary/aromatic N) is 1. The Hall–Kier alpha value is -2.91. The van der Waals surface area contributed by atoms with E-state index in [4.69, 9.17) is 21.2 Å². The molecule has 0 saturated heterocycles. The quantitative estimate of drug-likeness (QED) is 0.564. The molecule has 3 rings (SSSR count). The molecule has 0 aliphatic carbocycles. The van der Waals surface area contributed by atoms with Crippen molar-refractivity contribution in [3.8, 4) is 11.3 Å². The number of amides is 1. The highest BCUT2D eigenvalue weighted by Gasteiger charge is 2.34. The number of benzene rings is 2. The number of nitrogens with one attached hydrogen (secondary N) is 1. The number of aliphatic hydroxyl groups excluding tert-OH is 1. The first-order valence-corrected chi connectivity index (χ1v) is 8.62. The molecule has 0 spiro atoms. The number of aromatic nitrogens is 1. The van der Waals surface area contributed by atoms with Crippen molar-refractivity contribution in [3.63, 3.8) is 0 Å². The highest BCUT2D eigenvalue weighted by molar-refractivity contribution is 6.36. The van der Waals surface area contributed by atoms with Gasteiger partial charge in [0.2, 0.25) is 0 Å². The predicted molar refractivity (Wildman–Crippen MR) is 97.1 cm³/mol. The van der Waals surface area contributed by atoms with Crippen molar-refractivity contribution in [3.05, 3.63) is 70.1 Å². The van der Waals surface area contributed by atoms with Crippen molar-refractivity contribution in [1.82, 2.24) is 5.16 Å². The van der Waals surface area contributed by atoms with Crippen LogP contribution in [0.25, 0.3) is 11.3 Å². The van der Waals surface area contributed by atoms with E-state index in [9.17, 15) is 22.4 Å². The lowest BCUT2D eigenvalue weighted by Gasteiger charge is -2.09. The minimum atomic E-state index is -4.85. The van der Waals surface area contributed by atoms with Gasteiger partial charge in [0.15, 0.2) is 11.5 Å². The zero-order valence-corrected chi connectivity index (χ0v) is 15.3. The van der Waals surface area contributed by atoms with Gasteiger partial charge >= 0.3 is 6.18 Å². The van der Waals surface area contributed by atoms with Crippen LogP contribution in [0.4, 0.5) is 23.2 Å². The van der Waals surface area contributed by atoms with Gasteiger partial charge in [0.25, 0.3) is 5.91 Å². The minimum absolute atomic E-state index is 0.104. The Kier molecular flexibility index (Phi) is 5.90. The number of alkyl halides is 3. The molecule has 2 N–H and O–H groups in total. The Morgan fingerprint density at radius 2 is 1.93 bits per heavy atom. The van der Waals surface area contributed by atoms with E-state index >= 15 is 0 Å². The number of halogens is 5. The minimum Gasteiger partial charge on any atom is -0.396 e.